The standard InChI is InChI=1S/C19H20ClN5O/c1-3-17-14(12-25(2)24-17)11-22-18-8-7-13(10-21-18)19(26)23-16-6-4-5-15(20)9-16/h4-10,12H,3,11H2,1-2H3,(H,21,22)(H,23,26). The van der Waals surface area contributed by atoms with Gasteiger partial charge in [0.15, 0.2) is 0 Å². The fraction of sp³-hybridized carbons (Fsp3) is 0.211. The molecule has 0 aliphatic rings. The summed E-state index contributed by atoms with van der Waals surface area (Å²) in [7, 11) is 1.91. The maximum Gasteiger partial charge on any atom is 0.257 e. The van der Waals surface area contributed by atoms with E-state index in [9.17, 15) is 4.79 Å². The number of hydrogen-bond donors (Lipinski definition) is 2. The molecule has 6 nitrogen and oxygen atoms in total. The van der Waals surface area contributed by atoms with Crippen LogP contribution in [0.5, 0.6) is 0 Å². The highest BCUT2D eigenvalue weighted by Gasteiger charge is 2.09. The van der Waals surface area contributed by atoms with Crippen molar-refractivity contribution in [2.24, 2.45) is 7.05 Å². The summed E-state index contributed by atoms with van der Waals surface area (Å²) in [6.45, 7) is 2.72. The van der Waals surface area contributed by atoms with Crippen molar-refractivity contribution in [3.8, 4) is 0 Å². The summed E-state index contributed by atoms with van der Waals surface area (Å²) in [4.78, 5) is 16.6. The number of amides is 1. The number of rotatable bonds is 6. The first-order chi connectivity index (χ1) is 12.5. The predicted molar refractivity (Wildman–Crippen MR) is 104 cm³/mol. The van der Waals surface area contributed by atoms with Crippen LogP contribution in [-0.4, -0.2) is 20.7 Å². The van der Waals surface area contributed by atoms with Gasteiger partial charge < -0.3 is 10.6 Å². The SMILES string of the molecule is CCc1nn(C)cc1CNc1ccc(C(=O)Nc2cccc(Cl)c2)cn1. The molecule has 2 aromatic heterocycles. The fourth-order valence-electron chi connectivity index (χ4n) is 2.62. The van der Waals surface area contributed by atoms with Crippen molar-refractivity contribution in [2.75, 3.05) is 10.6 Å². The van der Waals surface area contributed by atoms with Crippen molar-refractivity contribution in [3.63, 3.8) is 0 Å². The normalized spacial score (nSPS) is 10.6. The first kappa shape index (κ1) is 17.9. The molecule has 134 valence electrons. The molecule has 2 heterocycles. The van der Waals surface area contributed by atoms with Crippen LogP contribution in [0.1, 0.15) is 28.5 Å². The maximum absolute atomic E-state index is 12.3. The van der Waals surface area contributed by atoms with Gasteiger partial charge in [0.25, 0.3) is 5.91 Å². The second-order valence-corrected chi connectivity index (χ2v) is 6.31. The number of carbonyl (C=O) groups excluding carboxylic acids is 1. The minimum atomic E-state index is -0.230. The lowest BCUT2D eigenvalue weighted by atomic mass is 10.2. The van der Waals surface area contributed by atoms with Gasteiger partial charge in [0, 0.05) is 42.3 Å². The van der Waals surface area contributed by atoms with E-state index in [4.69, 9.17) is 11.6 Å². The molecule has 0 saturated carbocycles. The lowest BCUT2D eigenvalue weighted by Gasteiger charge is -2.08. The van der Waals surface area contributed by atoms with E-state index in [0.29, 0.717) is 28.6 Å². The molecule has 0 radical (unpaired) electrons. The third-order valence-electron chi connectivity index (χ3n) is 3.89. The lowest BCUT2D eigenvalue weighted by molar-refractivity contribution is 0.102. The van der Waals surface area contributed by atoms with E-state index in [1.807, 2.05) is 17.9 Å². The van der Waals surface area contributed by atoms with Gasteiger partial charge in [-0.25, -0.2) is 4.98 Å². The van der Waals surface area contributed by atoms with E-state index in [2.05, 4.69) is 27.6 Å². The number of benzene rings is 1. The van der Waals surface area contributed by atoms with Gasteiger partial charge in [-0.3, -0.25) is 9.48 Å². The Bertz CT molecular complexity index is 905. The highest BCUT2D eigenvalue weighted by Crippen LogP contribution is 2.16. The Kier molecular flexibility index (Phi) is 5.53. The number of anilines is 2. The molecule has 2 N–H and O–H groups in total. The zero-order valence-corrected chi connectivity index (χ0v) is 15.4. The molecule has 1 amide bonds. The van der Waals surface area contributed by atoms with Crippen molar-refractivity contribution in [1.29, 1.82) is 0 Å². The molecule has 26 heavy (non-hydrogen) atoms. The van der Waals surface area contributed by atoms with E-state index in [-0.39, 0.29) is 5.91 Å². The minimum Gasteiger partial charge on any atom is -0.366 e. The Morgan fingerprint density at radius 2 is 2.12 bits per heavy atom. The maximum atomic E-state index is 12.3. The zero-order chi connectivity index (χ0) is 18.5. The average Bonchev–Trinajstić information content (AvgIpc) is 3.00. The summed E-state index contributed by atoms with van der Waals surface area (Å²) in [6.07, 6.45) is 4.43. The summed E-state index contributed by atoms with van der Waals surface area (Å²) in [6, 6.07) is 10.5. The topological polar surface area (TPSA) is 71.8 Å². The van der Waals surface area contributed by atoms with Crippen molar-refractivity contribution < 1.29 is 4.79 Å². The van der Waals surface area contributed by atoms with E-state index in [1.165, 1.54) is 0 Å². The summed E-state index contributed by atoms with van der Waals surface area (Å²) < 4.78 is 1.81. The number of hydrogen-bond acceptors (Lipinski definition) is 4. The quantitative estimate of drug-likeness (QED) is 0.691. The molecule has 0 aliphatic heterocycles. The molecule has 3 rings (SSSR count). The number of halogens is 1. The molecule has 3 aromatic rings. The van der Waals surface area contributed by atoms with Crippen LogP contribution in [0.25, 0.3) is 0 Å². The molecule has 0 atom stereocenters. The van der Waals surface area contributed by atoms with Gasteiger partial charge in [-0.1, -0.05) is 24.6 Å². The van der Waals surface area contributed by atoms with Gasteiger partial charge in [0.05, 0.1) is 11.3 Å². The van der Waals surface area contributed by atoms with Crippen LogP contribution in [0.2, 0.25) is 5.02 Å². The first-order valence-corrected chi connectivity index (χ1v) is 8.71. The fourth-order valence-corrected chi connectivity index (χ4v) is 2.81. The van der Waals surface area contributed by atoms with Crippen molar-refractivity contribution >= 4 is 29.0 Å². The predicted octanol–water partition coefficient (Wildman–Crippen LogP) is 3.90. The Morgan fingerprint density at radius 1 is 1.27 bits per heavy atom. The van der Waals surface area contributed by atoms with Crippen LogP contribution in [0.15, 0.2) is 48.8 Å². The van der Waals surface area contributed by atoms with E-state index in [1.54, 1.807) is 42.6 Å². The number of aromatic nitrogens is 3. The van der Waals surface area contributed by atoms with Crippen LogP contribution < -0.4 is 10.6 Å². The van der Waals surface area contributed by atoms with Crippen molar-refractivity contribution in [2.45, 2.75) is 19.9 Å². The number of pyridine rings is 1. The van der Waals surface area contributed by atoms with Gasteiger partial charge >= 0.3 is 0 Å². The molecule has 0 aliphatic carbocycles. The summed E-state index contributed by atoms with van der Waals surface area (Å²) in [5.74, 6) is 0.474. The van der Waals surface area contributed by atoms with Gasteiger partial charge in [0.1, 0.15) is 5.82 Å². The molecule has 1 aromatic carbocycles. The first-order valence-electron chi connectivity index (χ1n) is 8.33. The highest BCUT2D eigenvalue weighted by molar-refractivity contribution is 6.30. The van der Waals surface area contributed by atoms with E-state index >= 15 is 0 Å². The zero-order valence-electron chi connectivity index (χ0n) is 14.7. The number of nitrogens with zero attached hydrogens (tertiary/aromatic N) is 3. The second kappa shape index (κ2) is 8.01. The van der Waals surface area contributed by atoms with Crippen LogP contribution in [0.4, 0.5) is 11.5 Å². The number of carbonyl (C=O) groups is 1. The van der Waals surface area contributed by atoms with Crippen molar-refractivity contribution in [3.05, 3.63) is 70.6 Å². The van der Waals surface area contributed by atoms with Gasteiger partial charge in [-0.05, 0) is 36.8 Å². The Balaban J connectivity index is 1.61. The molecule has 0 fully saturated rings. The summed E-state index contributed by atoms with van der Waals surface area (Å²) in [5.41, 5.74) is 3.33. The lowest BCUT2D eigenvalue weighted by Crippen LogP contribution is -2.12. The van der Waals surface area contributed by atoms with Crippen LogP contribution in [0.3, 0.4) is 0 Å². The van der Waals surface area contributed by atoms with Crippen LogP contribution in [0, 0.1) is 0 Å². The molecular formula is C19H20ClN5O. The van der Waals surface area contributed by atoms with E-state index < -0.39 is 0 Å². The van der Waals surface area contributed by atoms with E-state index in [0.717, 1.165) is 17.7 Å². The second-order valence-electron chi connectivity index (χ2n) is 5.88. The molecule has 7 heteroatoms. The molecule has 0 unspecified atom stereocenters. The average molecular weight is 370 g/mol. The van der Waals surface area contributed by atoms with Crippen molar-refractivity contribution in [1.82, 2.24) is 14.8 Å². The molecule has 0 saturated heterocycles. The summed E-state index contributed by atoms with van der Waals surface area (Å²) >= 11 is 5.93. The number of nitrogens with one attached hydrogen (secondary N) is 2. The highest BCUT2D eigenvalue weighted by atomic mass is 35.5. The van der Waals surface area contributed by atoms with Gasteiger partial charge in [-0.15, -0.1) is 0 Å². The minimum absolute atomic E-state index is 0.230. The van der Waals surface area contributed by atoms with Gasteiger partial charge in [0.2, 0.25) is 0 Å². The molecular weight excluding hydrogens is 350 g/mol. The Hall–Kier alpha value is -2.86. The van der Waals surface area contributed by atoms with Gasteiger partial charge in [-0.2, -0.15) is 5.10 Å². The summed E-state index contributed by atoms with van der Waals surface area (Å²) in [5, 5.41) is 11.0. The third kappa shape index (κ3) is 4.40. The monoisotopic (exact) mass is 369 g/mol. The third-order valence-corrected chi connectivity index (χ3v) is 4.13. The largest absolute Gasteiger partial charge is 0.366 e. The smallest absolute Gasteiger partial charge is 0.257 e. The Labute approximate surface area is 157 Å². The molecule has 0 spiro atoms. The number of aryl methyl sites for hydroxylation is 2. The Morgan fingerprint density at radius 3 is 2.81 bits per heavy atom. The molecule has 0 bridgehead atoms. The van der Waals surface area contributed by atoms with Crippen LogP contribution >= 0.6 is 11.6 Å². The van der Waals surface area contributed by atoms with Crippen LogP contribution in [-0.2, 0) is 20.0 Å².